The third-order valence-corrected chi connectivity index (χ3v) is 3.53. The second-order valence-electron chi connectivity index (χ2n) is 3.04. The maximum Gasteiger partial charge on any atom is 0.155 e. The minimum absolute atomic E-state index is 0.999. The van der Waals surface area contributed by atoms with Crippen LogP contribution in [0.4, 0.5) is 0 Å². The van der Waals surface area contributed by atoms with Gasteiger partial charge in [0.1, 0.15) is 0 Å². The van der Waals surface area contributed by atoms with Crippen molar-refractivity contribution in [2.45, 2.75) is 19.3 Å². The maximum absolute atomic E-state index is 4.25. The lowest BCUT2D eigenvalue weighted by Gasteiger charge is -2.05. The normalized spacial score (nSPS) is 11.7. The molecular weight excluding hydrogens is 226 g/mol. The van der Waals surface area contributed by atoms with Gasteiger partial charge in [-0.15, -0.1) is 11.3 Å². The molecule has 0 aliphatic carbocycles. The Morgan fingerprint density at radius 1 is 1.60 bits per heavy atom. The molecule has 0 aliphatic heterocycles. The van der Waals surface area contributed by atoms with E-state index in [2.05, 4.69) is 15.3 Å². The number of aryl methyl sites for hydroxylation is 1. The Morgan fingerprint density at radius 2 is 2.47 bits per heavy atom. The van der Waals surface area contributed by atoms with Crippen molar-refractivity contribution in [1.82, 2.24) is 10.3 Å². The van der Waals surface area contributed by atoms with Gasteiger partial charge in [0.2, 0.25) is 0 Å². The third kappa shape index (κ3) is 5.18. The van der Waals surface area contributed by atoms with Gasteiger partial charge in [0.05, 0.1) is 5.01 Å². The van der Waals surface area contributed by atoms with Gasteiger partial charge in [0.15, 0.2) is 5.17 Å². The first kappa shape index (κ1) is 12.5. The van der Waals surface area contributed by atoms with Crippen LogP contribution in [0.25, 0.3) is 0 Å². The number of aromatic nitrogens is 1. The van der Waals surface area contributed by atoms with E-state index in [1.807, 2.05) is 24.9 Å². The van der Waals surface area contributed by atoms with E-state index in [-0.39, 0.29) is 0 Å². The zero-order valence-corrected chi connectivity index (χ0v) is 10.8. The molecule has 1 heterocycles. The quantitative estimate of drug-likeness (QED) is 0.490. The Morgan fingerprint density at radius 3 is 3.07 bits per heavy atom. The minimum Gasteiger partial charge on any atom is -0.365 e. The van der Waals surface area contributed by atoms with Crippen LogP contribution in [0.1, 0.15) is 17.8 Å². The molecule has 1 aromatic rings. The van der Waals surface area contributed by atoms with Gasteiger partial charge in [-0.05, 0) is 25.5 Å². The Balaban J connectivity index is 2.02. The molecule has 0 amide bonds. The fourth-order valence-corrected chi connectivity index (χ4v) is 2.31. The van der Waals surface area contributed by atoms with Crippen LogP contribution in [0.15, 0.2) is 16.6 Å². The number of thioether (sulfide) groups is 1. The Kier molecular flexibility index (Phi) is 6.43. The van der Waals surface area contributed by atoms with Crippen molar-refractivity contribution in [3.8, 4) is 0 Å². The van der Waals surface area contributed by atoms with Crippen molar-refractivity contribution >= 4 is 28.3 Å². The lowest BCUT2D eigenvalue weighted by molar-refractivity contribution is 0.709. The lowest BCUT2D eigenvalue weighted by atomic mass is 10.2. The van der Waals surface area contributed by atoms with E-state index in [4.69, 9.17) is 0 Å². The molecular formula is C10H17N3S2. The topological polar surface area (TPSA) is 37.3 Å². The number of hydrogen-bond donors (Lipinski definition) is 1. The van der Waals surface area contributed by atoms with Gasteiger partial charge in [-0.1, -0.05) is 11.8 Å². The Hall–Kier alpha value is -0.550. The molecule has 1 rings (SSSR count). The maximum atomic E-state index is 4.25. The van der Waals surface area contributed by atoms with Crippen LogP contribution in [0, 0.1) is 0 Å². The van der Waals surface area contributed by atoms with Crippen molar-refractivity contribution in [3.05, 3.63) is 16.6 Å². The Labute approximate surface area is 99.4 Å². The number of amidine groups is 1. The number of aliphatic imine (C=N–C) groups is 1. The van der Waals surface area contributed by atoms with Gasteiger partial charge in [-0.2, -0.15) is 0 Å². The molecule has 1 N–H and O–H groups in total. The van der Waals surface area contributed by atoms with Crippen molar-refractivity contribution in [2.75, 3.05) is 19.8 Å². The molecule has 0 fully saturated rings. The molecule has 0 aliphatic rings. The van der Waals surface area contributed by atoms with Crippen LogP contribution in [0.2, 0.25) is 0 Å². The number of thiazole rings is 1. The summed E-state index contributed by atoms with van der Waals surface area (Å²) in [5.74, 6) is 0. The van der Waals surface area contributed by atoms with Crippen molar-refractivity contribution in [3.63, 3.8) is 0 Å². The molecule has 0 aromatic carbocycles. The van der Waals surface area contributed by atoms with Crippen LogP contribution in [0.3, 0.4) is 0 Å². The molecule has 0 atom stereocenters. The first-order valence-electron chi connectivity index (χ1n) is 5.00. The molecule has 0 radical (unpaired) electrons. The van der Waals surface area contributed by atoms with Gasteiger partial charge >= 0.3 is 0 Å². The number of nitrogens with zero attached hydrogens (tertiary/aromatic N) is 2. The summed E-state index contributed by atoms with van der Waals surface area (Å²) in [5, 5.41) is 7.58. The average Bonchev–Trinajstić information content (AvgIpc) is 2.76. The van der Waals surface area contributed by atoms with Crippen LogP contribution in [-0.4, -0.2) is 30.0 Å². The summed E-state index contributed by atoms with van der Waals surface area (Å²) in [6.07, 6.45) is 7.35. The molecule has 0 unspecified atom stereocenters. The fraction of sp³-hybridized carbons (Fsp3) is 0.600. The molecule has 0 spiro atoms. The average molecular weight is 243 g/mol. The molecule has 1 aromatic heterocycles. The van der Waals surface area contributed by atoms with Crippen molar-refractivity contribution < 1.29 is 0 Å². The molecule has 5 heteroatoms. The van der Waals surface area contributed by atoms with E-state index < -0.39 is 0 Å². The molecule has 3 nitrogen and oxygen atoms in total. The number of unbranched alkanes of at least 4 members (excludes halogenated alkanes) is 1. The standard InChI is InChI=1S/C10H17N3S2/c1-11-10(14-2)13-6-4-3-5-9-12-7-8-15-9/h7-8H,3-6H2,1-2H3,(H,11,13). The first-order chi connectivity index (χ1) is 7.36. The number of nitrogens with one attached hydrogen (secondary N) is 1. The zero-order valence-electron chi connectivity index (χ0n) is 9.19. The number of rotatable bonds is 5. The number of hydrogen-bond acceptors (Lipinski definition) is 4. The smallest absolute Gasteiger partial charge is 0.155 e. The summed E-state index contributed by atoms with van der Waals surface area (Å²) in [4.78, 5) is 8.36. The van der Waals surface area contributed by atoms with E-state index in [0.717, 1.165) is 18.1 Å². The van der Waals surface area contributed by atoms with Gasteiger partial charge in [-0.25, -0.2) is 4.98 Å². The largest absolute Gasteiger partial charge is 0.365 e. The lowest BCUT2D eigenvalue weighted by Crippen LogP contribution is -2.21. The molecule has 0 saturated heterocycles. The minimum atomic E-state index is 0.999. The SMILES string of the molecule is CN=C(NCCCCc1nccs1)SC. The van der Waals surface area contributed by atoms with E-state index in [1.54, 1.807) is 23.1 Å². The van der Waals surface area contributed by atoms with Gasteiger partial charge in [0, 0.05) is 25.2 Å². The van der Waals surface area contributed by atoms with Crippen LogP contribution < -0.4 is 5.32 Å². The highest BCUT2D eigenvalue weighted by Crippen LogP contribution is 2.07. The predicted octanol–water partition coefficient (Wildman–Crippen LogP) is 2.40. The summed E-state index contributed by atoms with van der Waals surface area (Å²) in [6.45, 7) is 0.999. The van der Waals surface area contributed by atoms with Crippen molar-refractivity contribution in [2.24, 2.45) is 4.99 Å². The van der Waals surface area contributed by atoms with E-state index in [9.17, 15) is 0 Å². The summed E-state index contributed by atoms with van der Waals surface area (Å²) < 4.78 is 0. The van der Waals surface area contributed by atoms with E-state index >= 15 is 0 Å². The first-order valence-corrected chi connectivity index (χ1v) is 7.10. The summed E-state index contributed by atoms with van der Waals surface area (Å²) in [5.41, 5.74) is 0. The predicted molar refractivity (Wildman–Crippen MR) is 69.9 cm³/mol. The summed E-state index contributed by atoms with van der Waals surface area (Å²) in [6, 6.07) is 0. The monoisotopic (exact) mass is 243 g/mol. The zero-order chi connectivity index (χ0) is 10.9. The molecule has 84 valence electrons. The third-order valence-electron chi connectivity index (χ3n) is 1.97. The fourth-order valence-electron chi connectivity index (χ4n) is 1.22. The highest BCUT2D eigenvalue weighted by atomic mass is 32.2. The van der Waals surface area contributed by atoms with Crippen LogP contribution in [-0.2, 0) is 6.42 Å². The highest BCUT2D eigenvalue weighted by molar-refractivity contribution is 8.13. The summed E-state index contributed by atoms with van der Waals surface area (Å²) in [7, 11) is 1.81. The second-order valence-corrected chi connectivity index (χ2v) is 4.82. The van der Waals surface area contributed by atoms with E-state index in [1.165, 1.54) is 17.8 Å². The van der Waals surface area contributed by atoms with Gasteiger partial charge < -0.3 is 5.32 Å². The Bertz CT molecular complexity index is 283. The van der Waals surface area contributed by atoms with Crippen molar-refractivity contribution in [1.29, 1.82) is 0 Å². The molecule has 15 heavy (non-hydrogen) atoms. The van der Waals surface area contributed by atoms with Crippen LogP contribution >= 0.6 is 23.1 Å². The molecule has 0 saturated carbocycles. The second kappa shape index (κ2) is 7.70. The summed E-state index contributed by atoms with van der Waals surface area (Å²) >= 11 is 3.39. The van der Waals surface area contributed by atoms with E-state index in [0.29, 0.717) is 0 Å². The van der Waals surface area contributed by atoms with Gasteiger partial charge in [0.25, 0.3) is 0 Å². The van der Waals surface area contributed by atoms with Gasteiger partial charge in [-0.3, -0.25) is 4.99 Å². The molecule has 0 bridgehead atoms. The highest BCUT2D eigenvalue weighted by Gasteiger charge is 1.96. The van der Waals surface area contributed by atoms with Crippen LogP contribution in [0.5, 0.6) is 0 Å².